The van der Waals surface area contributed by atoms with E-state index in [1.54, 1.807) is 0 Å². The van der Waals surface area contributed by atoms with Gasteiger partial charge in [-0.3, -0.25) is 0 Å². The van der Waals surface area contributed by atoms with E-state index in [0.29, 0.717) is 0 Å². The molecule has 0 saturated carbocycles. The fourth-order valence-electron chi connectivity index (χ4n) is 11.2. The average molecular weight is 882 g/mol. The van der Waals surface area contributed by atoms with Crippen LogP contribution in [0.1, 0.15) is 26.3 Å². The molecule has 2 nitrogen and oxygen atoms in total. The SMILES string of the molecule is CC(C)(C)c1cc2c3c(c1)N(c1c(-c4ccccc4)cccc1-c1ccccc1)c1cc(-c4c5ccccc5c(-c5ccccc5)c5ccccc45)ccc1B3c1ccc(-c3ccccc3)cc1O2. The van der Waals surface area contributed by atoms with Gasteiger partial charge in [-0.2, -0.15) is 0 Å². The molecule has 0 spiro atoms. The van der Waals surface area contributed by atoms with Crippen LogP contribution in [0.4, 0.5) is 17.1 Å². The lowest BCUT2D eigenvalue weighted by molar-refractivity contribution is 0.483. The van der Waals surface area contributed by atoms with Gasteiger partial charge in [-0.05, 0) is 118 Å². The van der Waals surface area contributed by atoms with E-state index in [4.69, 9.17) is 4.74 Å². The van der Waals surface area contributed by atoms with Gasteiger partial charge in [0.2, 0.25) is 0 Å². The lowest BCUT2D eigenvalue weighted by Crippen LogP contribution is -2.59. The van der Waals surface area contributed by atoms with Crippen LogP contribution in [0, 0.1) is 0 Å². The molecule has 0 radical (unpaired) electrons. The normalized spacial score (nSPS) is 12.6. The van der Waals surface area contributed by atoms with E-state index in [0.717, 1.165) is 56.4 Å². The second-order valence-corrected chi connectivity index (χ2v) is 19.6. The van der Waals surface area contributed by atoms with Gasteiger partial charge in [-0.1, -0.05) is 233 Å². The summed E-state index contributed by atoms with van der Waals surface area (Å²) in [5.74, 6) is 1.81. The number of hydrogen-bond acceptors (Lipinski definition) is 2. The molecular formula is C66H48BNO. The number of nitrogens with zero attached hydrogens (tertiary/aromatic N) is 1. The summed E-state index contributed by atoms with van der Waals surface area (Å²) >= 11 is 0. The minimum absolute atomic E-state index is 0.0871. The molecule has 13 rings (SSSR count). The maximum absolute atomic E-state index is 7.26. The minimum atomic E-state index is -0.177. The highest BCUT2D eigenvalue weighted by molar-refractivity contribution is 6.99. The van der Waals surface area contributed by atoms with Crippen LogP contribution in [0.2, 0.25) is 0 Å². The van der Waals surface area contributed by atoms with Gasteiger partial charge < -0.3 is 9.64 Å². The zero-order valence-electron chi connectivity index (χ0n) is 38.9. The predicted octanol–water partition coefficient (Wildman–Crippen LogP) is 16.0. The Labute approximate surface area is 404 Å². The largest absolute Gasteiger partial charge is 0.458 e. The highest BCUT2D eigenvalue weighted by atomic mass is 16.5. The number of fused-ring (bicyclic) bond motifs is 6. The van der Waals surface area contributed by atoms with Crippen LogP contribution in [-0.2, 0) is 5.41 Å². The Morgan fingerprint density at radius 2 is 0.841 bits per heavy atom. The van der Waals surface area contributed by atoms with E-state index in [9.17, 15) is 0 Å². The Bertz CT molecular complexity index is 3670. The molecule has 0 aliphatic carbocycles. The number of ether oxygens (including phenoxy) is 1. The Balaban J connectivity index is 1.16. The molecule has 11 aromatic rings. The molecule has 326 valence electrons. The summed E-state index contributed by atoms with van der Waals surface area (Å²) in [7, 11) is 0. The highest BCUT2D eigenvalue weighted by Crippen LogP contribution is 2.51. The van der Waals surface area contributed by atoms with Gasteiger partial charge >= 0.3 is 0 Å². The van der Waals surface area contributed by atoms with Crippen molar-refractivity contribution >= 4 is 61.7 Å². The Hall–Kier alpha value is -8.40. The number of para-hydroxylation sites is 1. The van der Waals surface area contributed by atoms with Crippen LogP contribution in [0.3, 0.4) is 0 Å². The molecule has 2 aliphatic heterocycles. The lowest BCUT2D eigenvalue weighted by Gasteiger charge is -2.42. The third kappa shape index (κ3) is 6.72. The molecule has 0 saturated heterocycles. The summed E-state index contributed by atoms with van der Waals surface area (Å²) in [5, 5.41) is 4.94. The number of benzene rings is 11. The van der Waals surface area contributed by atoms with Crippen LogP contribution in [0.15, 0.2) is 237 Å². The molecule has 0 atom stereocenters. The molecule has 11 aromatic carbocycles. The fourth-order valence-corrected chi connectivity index (χ4v) is 11.2. The van der Waals surface area contributed by atoms with E-state index in [1.165, 1.54) is 71.3 Å². The van der Waals surface area contributed by atoms with Crippen molar-refractivity contribution in [2.45, 2.75) is 26.2 Å². The van der Waals surface area contributed by atoms with Crippen molar-refractivity contribution in [2.24, 2.45) is 0 Å². The first-order valence-corrected chi connectivity index (χ1v) is 24.1. The summed E-state index contributed by atoms with van der Waals surface area (Å²) in [6.45, 7) is 6.84. The van der Waals surface area contributed by atoms with Crippen molar-refractivity contribution in [1.82, 2.24) is 0 Å². The van der Waals surface area contributed by atoms with Crippen LogP contribution < -0.4 is 26.0 Å². The molecule has 2 aliphatic rings. The van der Waals surface area contributed by atoms with E-state index in [-0.39, 0.29) is 12.1 Å². The van der Waals surface area contributed by atoms with Crippen molar-refractivity contribution in [3.05, 3.63) is 242 Å². The molecular weight excluding hydrogens is 834 g/mol. The first-order valence-electron chi connectivity index (χ1n) is 24.1. The predicted molar refractivity (Wildman–Crippen MR) is 293 cm³/mol. The minimum Gasteiger partial charge on any atom is -0.458 e. The standard InChI is InChI=1S/C66H48BNO/c1-66(2,3)49-41-59-64-61(42-49)69-60-40-47(43-21-8-4-9-22-43)35-38-57(60)67(64)56-37-36-48(63-54-31-18-16-29-52(54)62(46-27-14-7-15-28-46)53-30-17-19-32-55(53)63)39-58(56)68(59)65-50(44-23-10-5-11-24-44)33-20-34-51(65)45-25-12-6-13-26-45/h4-42H,1-3H3. The van der Waals surface area contributed by atoms with E-state index in [2.05, 4.69) is 262 Å². The lowest BCUT2D eigenvalue weighted by atomic mass is 9.34. The zero-order valence-corrected chi connectivity index (χ0v) is 38.9. The smallest absolute Gasteiger partial charge is 0.256 e. The summed E-state index contributed by atoms with van der Waals surface area (Å²) in [6, 6.07) is 87.0. The monoisotopic (exact) mass is 881 g/mol. The molecule has 69 heavy (non-hydrogen) atoms. The van der Waals surface area contributed by atoms with Crippen LogP contribution in [0.25, 0.3) is 77.2 Å². The second-order valence-electron chi connectivity index (χ2n) is 19.6. The van der Waals surface area contributed by atoms with Crippen molar-refractivity contribution in [1.29, 1.82) is 0 Å². The maximum Gasteiger partial charge on any atom is 0.256 e. The molecule has 0 unspecified atom stereocenters. The Morgan fingerprint density at radius 3 is 1.39 bits per heavy atom. The fraction of sp³-hybridized carbons (Fsp3) is 0.0606. The summed E-state index contributed by atoms with van der Waals surface area (Å²) < 4.78 is 7.26. The molecule has 2 heterocycles. The van der Waals surface area contributed by atoms with E-state index < -0.39 is 0 Å². The number of rotatable bonds is 6. The number of anilines is 3. The molecule has 3 heteroatoms. The van der Waals surface area contributed by atoms with Crippen LogP contribution >= 0.6 is 0 Å². The first kappa shape index (κ1) is 40.8. The van der Waals surface area contributed by atoms with Gasteiger partial charge in [0.15, 0.2) is 0 Å². The van der Waals surface area contributed by atoms with Crippen molar-refractivity contribution in [3.8, 4) is 67.1 Å². The second kappa shape index (κ2) is 16.1. The third-order valence-electron chi connectivity index (χ3n) is 14.5. The van der Waals surface area contributed by atoms with Gasteiger partial charge in [-0.15, -0.1) is 0 Å². The van der Waals surface area contributed by atoms with Gasteiger partial charge in [0.05, 0.1) is 5.69 Å². The van der Waals surface area contributed by atoms with Crippen molar-refractivity contribution in [3.63, 3.8) is 0 Å². The first-order chi connectivity index (χ1) is 33.9. The molecule has 0 fully saturated rings. The van der Waals surface area contributed by atoms with Crippen LogP contribution in [0.5, 0.6) is 11.5 Å². The van der Waals surface area contributed by atoms with E-state index in [1.807, 2.05) is 0 Å². The molecule has 0 N–H and O–H groups in total. The summed E-state index contributed by atoms with van der Waals surface area (Å²) in [6.07, 6.45) is 0. The zero-order chi connectivity index (χ0) is 46.2. The van der Waals surface area contributed by atoms with Crippen molar-refractivity contribution in [2.75, 3.05) is 4.90 Å². The topological polar surface area (TPSA) is 12.5 Å². The van der Waals surface area contributed by atoms with Gasteiger partial charge in [0, 0.05) is 22.5 Å². The quantitative estimate of drug-likeness (QED) is 0.122. The van der Waals surface area contributed by atoms with Crippen LogP contribution in [-0.4, -0.2) is 6.71 Å². The van der Waals surface area contributed by atoms with Gasteiger partial charge in [0.1, 0.15) is 11.5 Å². The molecule has 0 bridgehead atoms. The highest BCUT2D eigenvalue weighted by Gasteiger charge is 2.44. The van der Waals surface area contributed by atoms with E-state index >= 15 is 0 Å². The number of hydrogen-bond donors (Lipinski definition) is 0. The third-order valence-corrected chi connectivity index (χ3v) is 14.5. The maximum atomic E-state index is 7.26. The molecule has 0 aromatic heterocycles. The summed E-state index contributed by atoms with van der Waals surface area (Å²) in [4.78, 5) is 2.60. The summed E-state index contributed by atoms with van der Waals surface area (Å²) in [5.41, 5.74) is 19.9. The average Bonchev–Trinajstić information content (AvgIpc) is 3.40. The van der Waals surface area contributed by atoms with Gasteiger partial charge in [0.25, 0.3) is 6.71 Å². The van der Waals surface area contributed by atoms with Gasteiger partial charge in [-0.25, -0.2) is 0 Å². The van der Waals surface area contributed by atoms with Crippen molar-refractivity contribution < 1.29 is 4.74 Å². The molecule has 0 amide bonds. The Kier molecular flexibility index (Phi) is 9.56. The Morgan fingerprint density at radius 1 is 0.362 bits per heavy atom.